The summed E-state index contributed by atoms with van der Waals surface area (Å²) in [6.07, 6.45) is 5.00. The predicted octanol–water partition coefficient (Wildman–Crippen LogP) is 3.59. The minimum absolute atomic E-state index is 0.251. The number of aromatic nitrogens is 2. The van der Waals surface area contributed by atoms with Crippen LogP contribution in [0, 0.1) is 5.41 Å². The summed E-state index contributed by atoms with van der Waals surface area (Å²) in [5.41, 5.74) is 4.94. The molecule has 1 aromatic carbocycles. The highest BCUT2D eigenvalue weighted by Crippen LogP contribution is 2.67. The Morgan fingerprint density at radius 3 is 2.65 bits per heavy atom. The van der Waals surface area contributed by atoms with Crippen molar-refractivity contribution in [2.45, 2.75) is 51.5 Å². The van der Waals surface area contributed by atoms with Crippen molar-refractivity contribution in [1.82, 2.24) is 4.68 Å². The van der Waals surface area contributed by atoms with E-state index in [1.165, 1.54) is 24.2 Å². The highest BCUT2D eigenvalue weighted by molar-refractivity contribution is 5.47. The molecule has 1 fully saturated rings. The third-order valence-corrected chi connectivity index (χ3v) is 6.68. The summed E-state index contributed by atoms with van der Waals surface area (Å²) >= 11 is 0. The number of nitrogens with zero attached hydrogens (tertiary/aromatic N) is 2. The van der Waals surface area contributed by atoms with E-state index in [1.807, 2.05) is 0 Å². The molecule has 2 aliphatic carbocycles. The number of benzene rings is 1. The average Bonchev–Trinajstić information content (AvgIpc) is 3.08. The van der Waals surface area contributed by atoms with Gasteiger partial charge < -0.3 is 4.74 Å². The first-order chi connectivity index (χ1) is 11.0. The van der Waals surface area contributed by atoms with E-state index in [2.05, 4.69) is 66.7 Å². The molecule has 0 aliphatic heterocycles. The number of hydrogen-bond donors (Lipinski definition) is 0. The Morgan fingerprint density at radius 1 is 1.22 bits per heavy atom. The molecular weight excluding hydrogens is 284 g/mol. The van der Waals surface area contributed by atoms with Gasteiger partial charge >= 0.3 is 0 Å². The van der Waals surface area contributed by atoms with Crippen LogP contribution < -0.4 is 4.68 Å². The van der Waals surface area contributed by atoms with Crippen molar-refractivity contribution in [2.75, 3.05) is 13.7 Å². The van der Waals surface area contributed by atoms with Gasteiger partial charge in [-0.1, -0.05) is 39.0 Å². The van der Waals surface area contributed by atoms with Crippen LogP contribution in [0.2, 0.25) is 0 Å². The summed E-state index contributed by atoms with van der Waals surface area (Å²) < 4.78 is 10.1. The van der Waals surface area contributed by atoms with Gasteiger partial charge in [-0.25, -0.2) is 0 Å². The highest BCUT2D eigenvalue weighted by Gasteiger charge is 2.63. The molecule has 2 bridgehead atoms. The maximum atomic E-state index is 5.34. The topological polar surface area (TPSA) is 18.0 Å². The zero-order valence-electron chi connectivity index (χ0n) is 14.7. The maximum absolute atomic E-state index is 5.34. The van der Waals surface area contributed by atoms with Crippen LogP contribution in [-0.2, 0) is 16.7 Å². The van der Waals surface area contributed by atoms with E-state index < -0.39 is 0 Å². The largest absolute Gasteiger partial charge is 0.378 e. The van der Waals surface area contributed by atoms with Crippen LogP contribution in [-0.4, -0.2) is 18.4 Å². The van der Waals surface area contributed by atoms with Gasteiger partial charge in [0.15, 0.2) is 12.7 Å². The van der Waals surface area contributed by atoms with E-state index in [0.29, 0.717) is 11.3 Å². The molecule has 4 rings (SSSR count). The molecule has 2 atom stereocenters. The maximum Gasteiger partial charge on any atom is 0.200 e. The first-order valence-corrected chi connectivity index (χ1v) is 8.71. The molecular formula is C20H27N2O+. The fourth-order valence-corrected chi connectivity index (χ4v) is 5.00. The molecule has 122 valence electrons. The Bertz CT molecular complexity index is 732. The lowest BCUT2D eigenvalue weighted by molar-refractivity contribution is -0.768. The lowest BCUT2D eigenvalue weighted by atomic mass is 9.70. The van der Waals surface area contributed by atoms with Crippen LogP contribution in [0.15, 0.2) is 36.5 Å². The normalized spacial score (nSPS) is 27.4. The fraction of sp³-hybridized carbons (Fsp3) is 0.550. The third kappa shape index (κ3) is 1.83. The zero-order chi connectivity index (χ0) is 16.2. The van der Waals surface area contributed by atoms with E-state index in [1.54, 1.807) is 12.7 Å². The van der Waals surface area contributed by atoms with Crippen molar-refractivity contribution in [1.29, 1.82) is 0 Å². The second kappa shape index (κ2) is 4.94. The van der Waals surface area contributed by atoms with Crippen molar-refractivity contribution in [3.63, 3.8) is 0 Å². The zero-order valence-corrected chi connectivity index (χ0v) is 14.7. The van der Waals surface area contributed by atoms with Gasteiger partial charge in [0.05, 0.1) is 5.69 Å². The number of para-hydroxylation sites is 1. The molecule has 2 aromatic rings. The Labute approximate surface area is 138 Å². The first-order valence-electron chi connectivity index (χ1n) is 8.71. The monoisotopic (exact) mass is 311 g/mol. The number of ether oxygens (including phenoxy) is 1. The summed E-state index contributed by atoms with van der Waals surface area (Å²) in [7, 11) is 1.78. The van der Waals surface area contributed by atoms with Crippen molar-refractivity contribution < 1.29 is 9.42 Å². The lowest BCUT2D eigenvalue weighted by Crippen LogP contribution is -2.47. The second-order valence-electron chi connectivity index (χ2n) is 7.88. The molecule has 0 spiro atoms. The van der Waals surface area contributed by atoms with Crippen LogP contribution in [0.1, 0.15) is 50.8 Å². The molecule has 3 heteroatoms. The smallest absolute Gasteiger partial charge is 0.200 e. The van der Waals surface area contributed by atoms with Gasteiger partial charge in [0, 0.05) is 18.1 Å². The quantitative estimate of drug-likeness (QED) is 0.789. The molecule has 1 heterocycles. The molecule has 0 radical (unpaired) electrons. The highest BCUT2D eigenvalue weighted by atomic mass is 16.5. The van der Waals surface area contributed by atoms with E-state index in [-0.39, 0.29) is 5.41 Å². The molecule has 1 saturated carbocycles. The number of hydrogen-bond acceptors (Lipinski definition) is 1. The fourth-order valence-electron chi connectivity index (χ4n) is 5.00. The standard InChI is InChI=1S/C20H27N2O/c1-19(2)17-10-11-20(19,3)18-16(17)14-21(12-13-23-4)22(18)15-8-6-5-7-9-15/h5-9,14,17H,10-13H2,1-4H3/q+1/t17-,20+/m1/s1. The minimum atomic E-state index is 0.251. The van der Waals surface area contributed by atoms with Crippen molar-refractivity contribution in [3.8, 4) is 5.69 Å². The second-order valence-corrected chi connectivity index (χ2v) is 7.88. The molecule has 0 N–H and O–H groups in total. The van der Waals surface area contributed by atoms with Crippen LogP contribution in [0.5, 0.6) is 0 Å². The number of fused-ring (bicyclic) bond motifs is 5. The van der Waals surface area contributed by atoms with Crippen LogP contribution >= 0.6 is 0 Å². The Hall–Kier alpha value is -1.61. The van der Waals surface area contributed by atoms with Gasteiger partial charge in [0.1, 0.15) is 12.3 Å². The van der Waals surface area contributed by atoms with E-state index in [9.17, 15) is 0 Å². The Balaban J connectivity index is 1.94. The molecule has 0 saturated heterocycles. The minimum Gasteiger partial charge on any atom is -0.378 e. The summed E-state index contributed by atoms with van der Waals surface area (Å²) in [6.45, 7) is 9.02. The van der Waals surface area contributed by atoms with Crippen LogP contribution in [0.4, 0.5) is 0 Å². The Morgan fingerprint density at radius 2 is 1.96 bits per heavy atom. The van der Waals surface area contributed by atoms with Gasteiger partial charge in [0.2, 0.25) is 0 Å². The summed E-state index contributed by atoms with van der Waals surface area (Å²) in [4.78, 5) is 0. The first kappa shape index (κ1) is 14.9. The average molecular weight is 311 g/mol. The van der Waals surface area contributed by atoms with Crippen molar-refractivity contribution in [2.24, 2.45) is 5.41 Å². The van der Waals surface area contributed by atoms with Crippen LogP contribution in [0.25, 0.3) is 5.69 Å². The Kier molecular flexibility index (Phi) is 3.21. The molecule has 0 unspecified atom stereocenters. The molecule has 2 aliphatic rings. The van der Waals surface area contributed by atoms with Crippen molar-refractivity contribution >= 4 is 0 Å². The summed E-state index contributed by atoms with van der Waals surface area (Å²) in [5.74, 6) is 0.682. The predicted molar refractivity (Wildman–Crippen MR) is 90.9 cm³/mol. The van der Waals surface area contributed by atoms with Gasteiger partial charge in [-0.05, 0) is 36.3 Å². The SMILES string of the molecule is COCC[n+]1cc2c(n1-c1ccccc1)[C@]1(C)CC[C@H]2C1(C)C. The van der Waals surface area contributed by atoms with Gasteiger partial charge in [-0.15, -0.1) is 9.36 Å². The molecule has 1 aromatic heterocycles. The van der Waals surface area contributed by atoms with Gasteiger partial charge in [-0.3, -0.25) is 0 Å². The number of methoxy groups -OCH3 is 1. The number of rotatable bonds is 4. The molecule has 23 heavy (non-hydrogen) atoms. The summed E-state index contributed by atoms with van der Waals surface area (Å²) in [5, 5.41) is 0. The summed E-state index contributed by atoms with van der Waals surface area (Å²) in [6, 6.07) is 10.8. The van der Waals surface area contributed by atoms with E-state index in [4.69, 9.17) is 4.74 Å². The van der Waals surface area contributed by atoms with E-state index >= 15 is 0 Å². The van der Waals surface area contributed by atoms with Gasteiger partial charge in [-0.2, -0.15) is 0 Å². The van der Waals surface area contributed by atoms with Gasteiger partial charge in [0.25, 0.3) is 0 Å². The van der Waals surface area contributed by atoms with E-state index in [0.717, 1.165) is 13.2 Å². The molecule has 0 amide bonds. The van der Waals surface area contributed by atoms with Crippen molar-refractivity contribution in [3.05, 3.63) is 47.8 Å². The molecule has 3 nitrogen and oxygen atoms in total. The third-order valence-electron chi connectivity index (χ3n) is 6.68. The van der Waals surface area contributed by atoms with Crippen LogP contribution in [0.3, 0.4) is 0 Å². The lowest BCUT2D eigenvalue weighted by Gasteiger charge is -2.35.